The minimum atomic E-state index is -0.337. The molecule has 1 N–H and O–H groups in total. The third-order valence-corrected chi connectivity index (χ3v) is 7.04. The van der Waals surface area contributed by atoms with Gasteiger partial charge in [-0.15, -0.1) is 11.3 Å². The molecule has 0 spiro atoms. The van der Waals surface area contributed by atoms with Gasteiger partial charge in [-0.1, -0.05) is 20.8 Å². The van der Waals surface area contributed by atoms with Crippen LogP contribution in [0.2, 0.25) is 0 Å². The number of amides is 2. The van der Waals surface area contributed by atoms with Gasteiger partial charge in [-0.3, -0.25) is 9.59 Å². The lowest BCUT2D eigenvalue weighted by molar-refractivity contribution is -0.124. The zero-order chi connectivity index (χ0) is 18.2. The fraction of sp³-hybridized carbons (Fsp3) is 0.700. The van der Waals surface area contributed by atoms with E-state index >= 15 is 0 Å². The van der Waals surface area contributed by atoms with Crippen molar-refractivity contribution >= 4 is 23.2 Å². The maximum absolute atomic E-state index is 13.0. The molecule has 0 unspecified atom stereocenters. The van der Waals surface area contributed by atoms with Crippen LogP contribution in [0.4, 0.5) is 0 Å². The summed E-state index contributed by atoms with van der Waals surface area (Å²) in [6, 6.07) is 1.75. The maximum Gasteiger partial charge on any atom is 0.264 e. The number of carbonyl (C=O) groups excluding carboxylic acids is 2. The van der Waals surface area contributed by atoms with Crippen LogP contribution in [0, 0.1) is 11.3 Å². The average Bonchev–Trinajstić information content (AvgIpc) is 2.87. The lowest BCUT2D eigenvalue weighted by Crippen LogP contribution is -2.46. The molecule has 0 bridgehead atoms. The van der Waals surface area contributed by atoms with Gasteiger partial charge >= 0.3 is 0 Å². The van der Waals surface area contributed by atoms with Gasteiger partial charge in [-0.05, 0) is 61.5 Å². The number of carbonyl (C=O) groups is 2. The van der Waals surface area contributed by atoms with E-state index < -0.39 is 0 Å². The molecule has 2 heterocycles. The summed E-state index contributed by atoms with van der Waals surface area (Å²) < 4.78 is 0. The molecular weight excluding hydrogens is 332 g/mol. The summed E-state index contributed by atoms with van der Waals surface area (Å²) in [5, 5.41) is 2.92. The molecule has 2 aliphatic rings. The minimum absolute atomic E-state index is 0.00578. The molecule has 1 fully saturated rings. The van der Waals surface area contributed by atoms with E-state index in [1.165, 1.54) is 16.9 Å². The predicted octanol–water partition coefficient (Wildman–Crippen LogP) is 3.64. The Morgan fingerprint density at radius 2 is 2.04 bits per heavy atom. The molecule has 1 aromatic heterocycles. The summed E-state index contributed by atoms with van der Waals surface area (Å²) >= 11 is 1.63. The molecule has 1 aliphatic carbocycles. The van der Waals surface area contributed by atoms with Crippen LogP contribution in [0.25, 0.3) is 0 Å². The lowest BCUT2D eigenvalue weighted by Gasteiger charge is -2.33. The normalized spacial score (nSPS) is 24.2. The first kappa shape index (κ1) is 18.4. The van der Waals surface area contributed by atoms with Gasteiger partial charge in [0.25, 0.3) is 5.91 Å². The first-order chi connectivity index (χ1) is 11.8. The maximum atomic E-state index is 13.0. The molecule has 2 atom stereocenters. The molecular formula is C20H30N2O2S. The van der Waals surface area contributed by atoms with Crippen molar-refractivity contribution in [2.75, 3.05) is 13.6 Å². The Balaban J connectivity index is 1.75. The largest absolute Gasteiger partial charge is 0.354 e. The highest BCUT2D eigenvalue weighted by atomic mass is 32.1. The van der Waals surface area contributed by atoms with Gasteiger partial charge in [-0.25, -0.2) is 0 Å². The zero-order valence-corrected chi connectivity index (χ0v) is 16.7. The number of rotatable bonds is 2. The fourth-order valence-electron chi connectivity index (χ4n) is 3.98. The molecule has 138 valence electrons. The fourth-order valence-corrected chi connectivity index (χ4v) is 5.17. The number of nitrogens with zero attached hydrogens (tertiary/aromatic N) is 1. The van der Waals surface area contributed by atoms with Gasteiger partial charge in [0.15, 0.2) is 0 Å². The van der Waals surface area contributed by atoms with Crippen molar-refractivity contribution in [1.29, 1.82) is 0 Å². The first-order valence-corrected chi connectivity index (χ1v) is 10.3. The molecule has 0 saturated carbocycles. The number of aryl methyl sites for hydroxylation is 1. The van der Waals surface area contributed by atoms with E-state index in [-0.39, 0.29) is 17.9 Å². The Bertz CT molecular complexity index is 659. The van der Waals surface area contributed by atoms with Crippen LogP contribution in [-0.2, 0) is 17.6 Å². The number of hydrogen-bond acceptors (Lipinski definition) is 3. The van der Waals surface area contributed by atoms with E-state index in [1.54, 1.807) is 23.3 Å². The van der Waals surface area contributed by atoms with E-state index in [0.717, 1.165) is 43.5 Å². The molecule has 0 radical (unpaired) electrons. The van der Waals surface area contributed by atoms with Crippen LogP contribution in [0.3, 0.4) is 0 Å². The highest BCUT2D eigenvalue weighted by Gasteiger charge is 2.33. The van der Waals surface area contributed by atoms with Gasteiger partial charge in [0, 0.05) is 18.5 Å². The van der Waals surface area contributed by atoms with Crippen molar-refractivity contribution in [3.8, 4) is 0 Å². The molecule has 1 saturated heterocycles. The summed E-state index contributed by atoms with van der Waals surface area (Å²) in [4.78, 5) is 29.0. The standard InChI is InChI=1S/C20H30N2O2S/c1-20(2,3)14-8-9-16-13(11-14)12-17(25-16)19(24)22(4)15-7-5-6-10-21-18(15)23/h12,14-15H,5-11H2,1-4H3,(H,21,23)/t14-,15-/m1/s1. The van der Waals surface area contributed by atoms with Gasteiger partial charge in [0.1, 0.15) is 6.04 Å². The van der Waals surface area contributed by atoms with Crippen LogP contribution in [0.5, 0.6) is 0 Å². The smallest absolute Gasteiger partial charge is 0.264 e. The molecule has 1 aliphatic heterocycles. The number of hydrogen-bond donors (Lipinski definition) is 1. The Kier molecular flexibility index (Phi) is 5.24. The summed E-state index contributed by atoms with van der Waals surface area (Å²) in [5.41, 5.74) is 1.65. The average molecular weight is 363 g/mol. The Morgan fingerprint density at radius 3 is 2.76 bits per heavy atom. The van der Waals surface area contributed by atoms with E-state index in [0.29, 0.717) is 11.3 Å². The third kappa shape index (κ3) is 3.91. The quantitative estimate of drug-likeness (QED) is 0.873. The van der Waals surface area contributed by atoms with Crippen LogP contribution >= 0.6 is 11.3 Å². The van der Waals surface area contributed by atoms with Gasteiger partial charge in [0.05, 0.1) is 4.88 Å². The van der Waals surface area contributed by atoms with Crippen molar-refractivity contribution in [3.05, 3.63) is 21.4 Å². The van der Waals surface area contributed by atoms with Crippen LogP contribution in [0.1, 0.15) is 66.6 Å². The van der Waals surface area contributed by atoms with Gasteiger partial charge < -0.3 is 10.2 Å². The van der Waals surface area contributed by atoms with Gasteiger partial charge in [-0.2, -0.15) is 0 Å². The summed E-state index contributed by atoms with van der Waals surface area (Å²) in [6.45, 7) is 7.64. The number of likely N-dealkylation sites (N-methyl/N-ethyl adjacent to an activating group) is 1. The summed E-state index contributed by atoms with van der Waals surface area (Å²) in [6.07, 6.45) is 6.07. The van der Waals surface area contributed by atoms with Crippen molar-refractivity contribution in [1.82, 2.24) is 10.2 Å². The van der Waals surface area contributed by atoms with Crippen molar-refractivity contribution in [2.45, 2.75) is 65.3 Å². The summed E-state index contributed by atoms with van der Waals surface area (Å²) in [7, 11) is 1.77. The second-order valence-corrected chi connectivity index (χ2v) is 9.72. The Morgan fingerprint density at radius 1 is 1.28 bits per heavy atom. The molecule has 0 aromatic carbocycles. The number of nitrogens with one attached hydrogen (secondary N) is 1. The van der Waals surface area contributed by atoms with Crippen molar-refractivity contribution in [3.63, 3.8) is 0 Å². The summed E-state index contributed by atoms with van der Waals surface area (Å²) in [5.74, 6) is 0.652. The molecule has 5 heteroatoms. The predicted molar refractivity (Wildman–Crippen MR) is 102 cm³/mol. The number of fused-ring (bicyclic) bond motifs is 1. The van der Waals surface area contributed by atoms with Crippen LogP contribution in [0.15, 0.2) is 6.07 Å². The van der Waals surface area contributed by atoms with E-state index in [4.69, 9.17) is 0 Å². The third-order valence-electron chi connectivity index (χ3n) is 5.81. The molecule has 25 heavy (non-hydrogen) atoms. The second-order valence-electron chi connectivity index (χ2n) is 8.58. The van der Waals surface area contributed by atoms with E-state index in [9.17, 15) is 9.59 Å². The Hall–Kier alpha value is -1.36. The molecule has 3 rings (SSSR count). The van der Waals surface area contributed by atoms with Crippen LogP contribution < -0.4 is 5.32 Å². The molecule has 2 amide bonds. The van der Waals surface area contributed by atoms with Crippen molar-refractivity contribution < 1.29 is 9.59 Å². The van der Waals surface area contributed by atoms with E-state index in [2.05, 4.69) is 32.2 Å². The molecule has 4 nitrogen and oxygen atoms in total. The van der Waals surface area contributed by atoms with Crippen LogP contribution in [-0.4, -0.2) is 36.3 Å². The SMILES string of the molecule is CN(C(=O)c1cc2c(s1)CC[C@@H](C(C)(C)C)C2)[C@@H]1CCCCNC1=O. The zero-order valence-electron chi connectivity index (χ0n) is 15.9. The lowest BCUT2D eigenvalue weighted by atomic mass is 9.72. The van der Waals surface area contributed by atoms with Crippen molar-refractivity contribution in [2.24, 2.45) is 11.3 Å². The first-order valence-electron chi connectivity index (χ1n) is 9.44. The molecule has 1 aromatic rings. The van der Waals surface area contributed by atoms with E-state index in [1.807, 2.05) is 0 Å². The highest BCUT2D eigenvalue weighted by Crippen LogP contribution is 2.40. The monoisotopic (exact) mass is 362 g/mol. The minimum Gasteiger partial charge on any atom is -0.354 e. The highest BCUT2D eigenvalue weighted by molar-refractivity contribution is 7.14. The Labute approximate surface area is 155 Å². The number of thiophene rings is 1. The topological polar surface area (TPSA) is 49.4 Å². The van der Waals surface area contributed by atoms with Gasteiger partial charge in [0.2, 0.25) is 5.91 Å². The second kappa shape index (κ2) is 7.10.